The molecule has 0 rings (SSSR count). The summed E-state index contributed by atoms with van der Waals surface area (Å²) < 4.78 is 0. The third-order valence-electron chi connectivity index (χ3n) is 2.96. The fourth-order valence-electron chi connectivity index (χ4n) is 1.92. The Morgan fingerprint density at radius 1 is 0.647 bits per heavy atom. The summed E-state index contributed by atoms with van der Waals surface area (Å²) >= 11 is 0. The summed E-state index contributed by atoms with van der Waals surface area (Å²) in [5, 5.41) is 0. The van der Waals surface area contributed by atoms with Crippen LogP contribution in [-0.2, 0) is 0 Å². The van der Waals surface area contributed by atoms with Crippen LogP contribution in [0.15, 0.2) is 0 Å². The smallest absolute Gasteiger partial charge is 0.00248 e. The largest absolute Gasteiger partial charge is 0.412 e. The van der Waals surface area contributed by atoms with Gasteiger partial charge < -0.3 is 10.4 Å². The second-order valence-electron chi connectivity index (χ2n) is 4.99. The van der Waals surface area contributed by atoms with Crippen LogP contribution in [0.4, 0.5) is 0 Å². The van der Waals surface area contributed by atoms with E-state index in [0.717, 1.165) is 0 Å². The first-order valence-corrected chi connectivity index (χ1v) is 6.92. The molecule has 0 amide bonds. The summed E-state index contributed by atoms with van der Waals surface area (Å²) in [6, 6.07) is 0. The lowest BCUT2D eigenvalue weighted by molar-refractivity contribution is 0.389. The zero-order chi connectivity index (χ0) is 11.4. The molecule has 0 radical (unpaired) electrons. The van der Waals surface area contributed by atoms with Gasteiger partial charge in [-0.2, -0.15) is 0 Å². The van der Waals surface area contributed by atoms with Gasteiger partial charge in [-0.05, 0) is 27.1 Å². The molecule has 0 bridgehead atoms. The quantitative estimate of drug-likeness (QED) is 0.520. The van der Waals surface area contributed by atoms with Crippen molar-refractivity contribution in [3.05, 3.63) is 0 Å². The highest BCUT2D eigenvalue weighted by molar-refractivity contribution is 5.85. The molecule has 0 saturated carbocycles. The lowest BCUT2D eigenvalue weighted by Gasteiger charge is -2.08. The van der Waals surface area contributed by atoms with Gasteiger partial charge in [-0.3, -0.25) is 0 Å². The number of hydrogen-bond acceptors (Lipinski definition) is 1. The Morgan fingerprint density at radius 2 is 1.00 bits per heavy atom. The first-order valence-electron chi connectivity index (χ1n) is 6.92. The SMILES string of the molecule is CCCCCCCCCCCCN(C)C.Cl.O. The van der Waals surface area contributed by atoms with Crippen molar-refractivity contribution in [1.29, 1.82) is 0 Å². The van der Waals surface area contributed by atoms with Crippen LogP contribution in [0.25, 0.3) is 0 Å². The third-order valence-corrected chi connectivity index (χ3v) is 2.96. The van der Waals surface area contributed by atoms with Gasteiger partial charge in [-0.25, -0.2) is 0 Å². The highest BCUT2D eigenvalue weighted by Crippen LogP contribution is 2.10. The van der Waals surface area contributed by atoms with Gasteiger partial charge in [0.25, 0.3) is 0 Å². The van der Waals surface area contributed by atoms with E-state index in [1.807, 2.05) is 0 Å². The molecule has 3 heteroatoms. The van der Waals surface area contributed by atoms with Gasteiger partial charge in [0.15, 0.2) is 0 Å². The fourth-order valence-corrected chi connectivity index (χ4v) is 1.92. The van der Waals surface area contributed by atoms with Crippen LogP contribution in [0.5, 0.6) is 0 Å². The Bertz CT molecular complexity index is 121. The van der Waals surface area contributed by atoms with Gasteiger partial charge in [0, 0.05) is 0 Å². The second-order valence-corrected chi connectivity index (χ2v) is 4.99. The second kappa shape index (κ2) is 18.6. The average Bonchev–Trinajstić information content (AvgIpc) is 2.20. The van der Waals surface area contributed by atoms with E-state index in [1.165, 1.54) is 70.8 Å². The van der Waals surface area contributed by atoms with Crippen molar-refractivity contribution >= 4 is 12.4 Å². The summed E-state index contributed by atoms with van der Waals surface area (Å²) in [6.07, 6.45) is 14.4. The third kappa shape index (κ3) is 22.0. The highest BCUT2D eigenvalue weighted by atomic mass is 35.5. The van der Waals surface area contributed by atoms with E-state index >= 15 is 0 Å². The standard InChI is InChI=1S/C14H31N.ClH.H2O/c1-4-5-6-7-8-9-10-11-12-13-14-15(2)3;;/h4-14H2,1-3H3;1H;1H2. The van der Waals surface area contributed by atoms with Gasteiger partial charge in [0.05, 0.1) is 0 Å². The summed E-state index contributed by atoms with van der Waals surface area (Å²) in [7, 11) is 4.32. The monoisotopic (exact) mass is 267 g/mol. The van der Waals surface area contributed by atoms with Crippen LogP contribution >= 0.6 is 12.4 Å². The van der Waals surface area contributed by atoms with E-state index in [4.69, 9.17) is 0 Å². The van der Waals surface area contributed by atoms with E-state index in [-0.39, 0.29) is 17.9 Å². The maximum Gasteiger partial charge on any atom is -0.00248 e. The molecule has 0 aromatic carbocycles. The molecule has 0 saturated heterocycles. The van der Waals surface area contributed by atoms with Crippen molar-refractivity contribution in [2.24, 2.45) is 0 Å². The predicted octanol–water partition coefficient (Wildman–Crippen LogP) is 4.07. The molecular weight excluding hydrogens is 234 g/mol. The number of halogens is 1. The summed E-state index contributed by atoms with van der Waals surface area (Å²) in [4.78, 5) is 2.28. The average molecular weight is 268 g/mol. The van der Waals surface area contributed by atoms with Crippen LogP contribution < -0.4 is 0 Å². The molecule has 0 aliphatic heterocycles. The molecule has 0 spiro atoms. The minimum absolute atomic E-state index is 0. The first kappa shape index (κ1) is 22.4. The van der Waals surface area contributed by atoms with Crippen LogP contribution in [0.1, 0.15) is 71.1 Å². The van der Waals surface area contributed by atoms with E-state index in [2.05, 4.69) is 25.9 Å². The number of rotatable bonds is 11. The lowest BCUT2D eigenvalue weighted by atomic mass is 10.1. The van der Waals surface area contributed by atoms with Crippen molar-refractivity contribution < 1.29 is 5.48 Å². The summed E-state index contributed by atoms with van der Waals surface area (Å²) in [6.45, 7) is 3.54. The maximum absolute atomic E-state index is 2.28. The van der Waals surface area contributed by atoms with Crippen LogP contribution in [0, 0.1) is 0 Å². The molecule has 0 aliphatic carbocycles. The normalized spacial score (nSPS) is 9.88. The van der Waals surface area contributed by atoms with E-state index in [1.54, 1.807) is 0 Å². The van der Waals surface area contributed by atoms with Crippen LogP contribution in [0.3, 0.4) is 0 Å². The van der Waals surface area contributed by atoms with Crippen molar-refractivity contribution in [3.63, 3.8) is 0 Å². The minimum Gasteiger partial charge on any atom is -0.412 e. The topological polar surface area (TPSA) is 34.7 Å². The maximum atomic E-state index is 2.28. The minimum atomic E-state index is 0. The van der Waals surface area contributed by atoms with Crippen molar-refractivity contribution in [1.82, 2.24) is 4.90 Å². The van der Waals surface area contributed by atoms with E-state index in [9.17, 15) is 0 Å². The van der Waals surface area contributed by atoms with Gasteiger partial charge in [0.1, 0.15) is 0 Å². The molecule has 0 atom stereocenters. The lowest BCUT2D eigenvalue weighted by Crippen LogP contribution is -2.12. The molecule has 0 fully saturated rings. The zero-order valence-electron chi connectivity index (χ0n) is 12.1. The Kier molecular flexibility index (Phi) is 24.5. The molecule has 0 heterocycles. The van der Waals surface area contributed by atoms with Crippen molar-refractivity contribution in [2.45, 2.75) is 71.1 Å². The molecule has 0 aliphatic rings. The van der Waals surface area contributed by atoms with Crippen LogP contribution in [-0.4, -0.2) is 31.0 Å². The molecular formula is C14H34ClNO. The fraction of sp³-hybridized carbons (Fsp3) is 1.00. The van der Waals surface area contributed by atoms with Gasteiger partial charge in [0.2, 0.25) is 0 Å². The molecule has 108 valence electrons. The molecule has 17 heavy (non-hydrogen) atoms. The van der Waals surface area contributed by atoms with Gasteiger partial charge in [-0.1, -0.05) is 64.7 Å². The Balaban J connectivity index is -0.000000980. The van der Waals surface area contributed by atoms with Crippen LogP contribution in [0.2, 0.25) is 0 Å². The Labute approximate surface area is 115 Å². The van der Waals surface area contributed by atoms with Gasteiger partial charge in [-0.15, -0.1) is 12.4 Å². The number of nitrogens with zero attached hydrogens (tertiary/aromatic N) is 1. The van der Waals surface area contributed by atoms with E-state index in [0.29, 0.717) is 0 Å². The summed E-state index contributed by atoms with van der Waals surface area (Å²) in [5.41, 5.74) is 0. The molecule has 0 aromatic rings. The Hall–Kier alpha value is 0.210. The first-order chi connectivity index (χ1) is 7.27. The molecule has 2 N–H and O–H groups in total. The number of unbranched alkanes of at least 4 members (excludes halogenated alkanes) is 9. The van der Waals surface area contributed by atoms with E-state index < -0.39 is 0 Å². The van der Waals surface area contributed by atoms with Crippen molar-refractivity contribution in [3.8, 4) is 0 Å². The van der Waals surface area contributed by atoms with Crippen molar-refractivity contribution in [2.75, 3.05) is 20.6 Å². The zero-order valence-corrected chi connectivity index (χ0v) is 13.0. The summed E-state index contributed by atoms with van der Waals surface area (Å²) in [5.74, 6) is 0. The number of hydrogen-bond donors (Lipinski definition) is 0. The predicted molar refractivity (Wildman–Crippen MR) is 81.3 cm³/mol. The Morgan fingerprint density at radius 3 is 1.35 bits per heavy atom. The highest BCUT2D eigenvalue weighted by Gasteiger charge is 1.93. The molecule has 2 nitrogen and oxygen atoms in total. The molecule has 0 aromatic heterocycles. The molecule has 0 unspecified atom stereocenters. The van der Waals surface area contributed by atoms with Gasteiger partial charge >= 0.3 is 0 Å².